The minimum Gasteiger partial charge on any atom is -0.454 e. The van der Waals surface area contributed by atoms with E-state index in [1.807, 2.05) is 19.9 Å². The topological polar surface area (TPSA) is 72.5 Å². The molecular formula is C20H25NO4. The van der Waals surface area contributed by atoms with Crippen LogP contribution in [0.5, 0.6) is 0 Å². The Hall–Kier alpha value is -2.43. The van der Waals surface area contributed by atoms with Gasteiger partial charge in [-0.25, -0.2) is 0 Å². The Kier molecular flexibility index (Phi) is 6.51. The monoisotopic (exact) mass is 343 g/mol. The van der Waals surface area contributed by atoms with Gasteiger partial charge in [0.15, 0.2) is 6.10 Å². The fourth-order valence-corrected chi connectivity index (χ4v) is 2.57. The molecule has 0 radical (unpaired) electrons. The molecule has 0 bridgehead atoms. The maximum absolute atomic E-state index is 12.4. The smallest absolute Gasteiger partial charge is 0.309 e. The molecule has 134 valence electrons. The Morgan fingerprint density at radius 2 is 1.76 bits per heavy atom. The molecule has 1 amide bonds. The van der Waals surface area contributed by atoms with Gasteiger partial charge in [-0.1, -0.05) is 26.0 Å². The van der Waals surface area contributed by atoms with Crippen molar-refractivity contribution in [3.63, 3.8) is 0 Å². The van der Waals surface area contributed by atoms with Crippen molar-refractivity contribution in [2.24, 2.45) is 11.8 Å². The van der Waals surface area contributed by atoms with Gasteiger partial charge in [-0.2, -0.15) is 0 Å². The van der Waals surface area contributed by atoms with Crippen LogP contribution in [-0.2, 0) is 14.3 Å². The van der Waals surface area contributed by atoms with Crippen LogP contribution in [0.3, 0.4) is 0 Å². The summed E-state index contributed by atoms with van der Waals surface area (Å²) in [5.74, 6) is -0.917. The lowest BCUT2D eigenvalue weighted by atomic mass is 9.94. The van der Waals surface area contributed by atoms with Crippen LogP contribution in [0, 0.1) is 11.8 Å². The predicted octanol–water partition coefficient (Wildman–Crippen LogP) is 3.75. The van der Waals surface area contributed by atoms with Gasteiger partial charge in [0.2, 0.25) is 11.7 Å². The fourth-order valence-electron chi connectivity index (χ4n) is 2.57. The Labute approximate surface area is 148 Å². The Morgan fingerprint density at radius 3 is 2.32 bits per heavy atom. The van der Waals surface area contributed by atoms with E-state index in [2.05, 4.69) is 11.4 Å². The summed E-state index contributed by atoms with van der Waals surface area (Å²) in [6.07, 6.45) is 5.51. The highest BCUT2D eigenvalue weighted by Crippen LogP contribution is 2.21. The van der Waals surface area contributed by atoms with Gasteiger partial charge < -0.3 is 10.1 Å². The van der Waals surface area contributed by atoms with Gasteiger partial charge >= 0.3 is 5.97 Å². The lowest BCUT2D eigenvalue weighted by Gasteiger charge is -2.19. The van der Waals surface area contributed by atoms with Crippen molar-refractivity contribution < 1.29 is 19.1 Å². The number of carbonyl (C=O) groups is 3. The third kappa shape index (κ3) is 5.28. The summed E-state index contributed by atoms with van der Waals surface area (Å²) in [6.45, 7) is 5.21. The van der Waals surface area contributed by atoms with Gasteiger partial charge in [-0.05, 0) is 50.5 Å². The van der Waals surface area contributed by atoms with Crippen molar-refractivity contribution >= 4 is 23.3 Å². The SMILES string of the molecule is CC(C)C(=O)Nc1ccc(C(=O)[C@H](C)OC(=O)[C@@H]2CC=CCC2)cc1. The Morgan fingerprint density at radius 1 is 1.08 bits per heavy atom. The first-order valence-corrected chi connectivity index (χ1v) is 8.69. The first-order chi connectivity index (χ1) is 11.9. The number of esters is 1. The summed E-state index contributed by atoms with van der Waals surface area (Å²) >= 11 is 0. The molecule has 1 aliphatic rings. The number of nitrogens with one attached hydrogen (secondary N) is 1. The largest absolute Gasteiger partial charge is 0.454 e. The molecule has 0 spiro atoms. The van der Waals surface area contributed by atoms with E-state index in [-0.39, 0.29) is 29.5 Å². The summed E-state index contributed by atoms with van der Waals surface area (Å²) in [5, 5.41) is 2.77. The van der Waals surface area contributed by atoms with Gasteiger partial charge in [0, 0.05) is 17.2 Å². The summed E-state index contributed by atoms with van der Waals surface area (Å²) in [6, 6.07) is 6.61. The molecule has 0 aromatic heterocycles. The van der Waals surface area contributed by atoms with Gasteiger partial charge in [0.1, 0.15) is 0 Å². The minimum atomic E-state index is -0.825. The predicted molar refractivity (Wildman–Crippen MR) is 96.3 cm³/mol. The molecule has 1 N–H and O–H groups in total. The van der Waals surface area contributed by atoms with E-state index in [1.54, 1.807) is 31.2 Å². The molecule has 0 saturated carbocycles. The number of hydrogen-bond acceptors (Lipinski definition) is 4. The third-order valence-electron chi connectivity index (χ3n) is 4.23. The van der Waals surface area contributed by atoms with Crippen LogP contribution in [0.15, 0.2) is 36.4 Å². The number of rotatable bonds is 6. The zero-order valence-electron chi connectivity index (χ0n) is 15.0. The summed E-state index contributed by atoms with van der Waals surface area (Å²) < 4.78 is 5.34. The fraction of sp³-hybridized carbons (Fsp3) is 0.450. The number of anilines is 1. The second kappa shape index (κ2) is 8.60. The van der Waals surface area contributed by atoms with Gasteiger partial charge in [-0.3, -0.25) is 14.4 Å². The number of ketones is 1. The van der Waals surface area contributed by atoms with Crippen LogP contribution < -0.4 is 5.32 Å². The van der Waals surface area contributed by atoms with E-state index in [9.17, 15) is 14.4 Å². The lowest BCUT2D eigenvalue weighted by molar-refractivity contribution is -0.151. The highest BCUT2D eigenvalue weighted by Gasteiger charge is 2.25. The van der Waals surface area contributed by atoms with E-state index in [0.29, 0.717) is 17.7 Å². The number of ether oxygens (including phenoxy) is 1. The molecule has 0 fully saturated rings. The first kappa shape index (κ1) is 18.9. The van der Waals surface area contributed by atoms with Crippen LogP contribution in [0.4, 0.5) is 5.69 Å². The van der Waals surface area contributed by atoms with E-state index in [4.69, 9.17) is 4.74 Å². The highest BCUT2D eigenvalue weighted by molar-refractivity contribution is 6.01. The molecule has 5 heteroatoms. The maximum atomic E-state index is 12.4. The van der Waals surface area contributed by atoms with Gasteiger partial charge in [-0.15, -0.1) is 0 Å². The van der Waals surface area contributed by atoms with E-state index in [0.717, 1.165) is 12.8 Å². The normalized spacial score (nSPS) is 17.8. The zero-order chi connectivity index (χ0) is 18.4. The number of carbonyl (C=O) groups excluding carboxylic acids is 3. The standard InChI is InChI=1S/C20H25NO4/c1-13(2)19(23)21-17-11-9-15(10-12-17)18(22)14(3)25-20(24)16-7-5-4-6-8-16/h4-5,9-14,16H,6-8H2,1-3H3,(H,21,23)/t14-,16+/m0/s1. The van der Waals surface area contributed by atoms with Gasteiger partial charge in [0.25, 0.3) is 0 Å². The molecule has 1 aromatic rings. The van der Waals surface area contributed by atoms with Crippen LogP contribution >= 0.6 is 0 Å². The number of amides is 1. The molecule has 2 rings (SSSR count). The zero-order valence-corrected chi connectivity index (χ0v) is 15.0. The van der Waals surface area contributed by atoms with Crippen LogP contribution in [-0.4, -0.2) is 23.8 Å². The molecular weight excluding hydrogens is 318 g/mol. The Bertz CT molecular complexity index is 661. The highest BCUT2D eigenvalue weighted by atomic mass is 16.5. The van der Waals surface area contributed by atoms with Crippen molar-refractivity contribution in [3.8, 4) is 0 Å². The molecule has 1 aromatic carbocycles. The number of benzene rings is 1. The second-order valence-corrected chi connectivity index (χ2v) is 6.65. The molecule has 5 nitrogen and oxygen atoms in total. The molecule has 25 heavy (non-hydrogen) atoms. The van der Waals surface area contributed by atoms with Crippen molar-refractivity contribution in [2.75, 3.05) is 5.32 Å². The number of Topliss-reactive ketones (excluding diaryl/α,β-unsaturated/α-hetero) is 1. The van der Waals surface area contributed by atoms with Crippen molar-refractivity contribution in [2.45, 2.75) is 46.1 Å². The third-order valence-corrected chi connectivity index (χ3v) is 4.23. The summed E-state index contributed by atoms with van der Waals surface area (Å²) in [7, 11) is 0. The van der Waals surface area contributed by atoms with Gasteiger partial charge in [0.05, 0.1) is 5.92 Å². The van der Waals surface area contributed by atoms with Crippen LogP contribution in [0.2, 0.25) is 0 Å². The Balaban J connectivity index is 1.93. The van der Waals surface area contributed by atoms with E-state index < -0.39 is 6.10 Å². The van der Waals surface area contributed by atoms with E-state index in [1.165, 1.54) is 0 Å². The number of allylic oxidation sites excluding steroid dienone is 2. The lowest BCUT2D eigenvalue weighted by Crippen LogP contribution is -2.28. The quantitative estimate of drug-likeness (QED) is 0.485. The summed E-state index contributed by atoms with van der Waals surface area (Å²) in [4.78, 5) is 36.2. The van der Waals surface area contributed by atoms with E-state index >= 15 is 0 Å². The molecule has 0 heterocycles. The molecule has 1 aliphatic carbocycles. The minimum absolute atomic E-state index is 0.0806. The average Bonchev–Trinajstić information content (AvgIpc) is 2.62. The van der Waals surface area contributed by atoms with Crippen molar-refractivity contribution in [1.29, 1.82) is 0 Å². The second-order valence-electron chi connectivity index (χ2n) is 6.65. The van der Waals surface area contributed by atoms with Crippen LogP contribution in [0.1, 0.15) is 50.4 Å². The van der Waals surface area contributed by atoms with Crippen molar-refractivity contribution in [1.82, 2.24) is 0 Å². The average molecular weight is 343 g/mol. The number of hydrogen-bond donors (Lipinski definition) is 1. The summed E-state index contributed by atoms with van der Waals surface area (Å²) in [5.41, 5.74) is 1.08. The maximum Gasteiger partial charge on any atom is 0.309 e. The first-order valence-electron chi connectivity index (χ1n) is 8.69. The molecule has 0 unspecified atom stereocenters. The molecule has 0 aliphatic heterocycles. The molecule has 2 atom stereocenters. The van der Waals surface area contributed by atoms with Crippen LogP contribution in [0.25, 0.3) is 0 Å². The molecule has 0 saturated heterocycles. The van der Waals surface area contributed by atoms with Crippen molar-refractivity contribution in [3.05, 3.63) is 42.0 Å².